The number of nitrogens with zero attached hydrogens (tertiary/aromatic N) is 1. The normalized spacial score (nSPS) is 11.4. The molecule has 1 heterocycles. The maximum atomic E-state index is 13.1. The van der Waals surface area contributed by atoms with Crippen molar-refractivity contribution in [3.63, 3.8) is 0 Å². The molecule has 3 aromatic carbocycles. The van der Waals surface area contributed by atoms with E-state index >= 15 is 0 Å². The summed E-state index contributed by atoms with van der Waals surface area (Å²) in [6, 6.07) is 22.3. The Morgan fingerprint density at radius 3 is 2.60 bits per heavy atom. The van der Waals surface area contributed by atoms with Crippen LogP contribution in [-0.2, 0) is 11.3 Å². The molecule has 6 heteroatoms. The predicted octanol–water partition coefficient (Wildman–Crippen LogP) is 4.13. The van der Waals surface area contributed by atoms with Crippen molar-refractivity contribution in [3.05, 3.63) is 89.7 Å². The van der Waals surface area contributed by atoms with Crippen LogP contribution in [0.1, 0.15) is 17.0 Å². The van der Waals surface area contributed by atoms with Gasteiger partial charge in [0, 0.05) is 6.54 Å². The molecule has 1 aromatic heterocycles. The number of amides is 1. The van der Waals surface area contributed by atoms with Gasteiger partial charge in [-0.1, -0.05) is 48.5 Å². The summed E-state index contributed by atoms with van der Waals surface area (Å²) in [5.74, 6) is 0.552. The van der Waals surface area contributed by atoms with Crippen LogP contribution in [0.2, 0.25) is 0 Å². The molecule has 30 heavy (non-hydrogen) atoms. The number of rotatable bonds is 6. The maximum absolute atomic E-state index is 13.1. The Balaban J connectivity index is 1.70. The van der Waals surface area contributed by atoms with Crippen molar-refractivity contribution in [1.82, 2.24) is 15.3 Å². The number of aromatic hydroxyl groups is 1. The molecule has 0 spiro atoms. The number of hydrogen-bond acceptors (Lipinski definition) is 4. The average molecular weight is 399 g/mol. The van der Waals surface area contributed by atoms with Gasteiger partial charge >= 0.3 is 0 Å². The molecule has 0 unspecified atom stereocenters. The third-order valence-corrected chi connectivity index (χ3v) is 4.70. The number of phenolic OH excluding ortho intramolecular Hbond substituents is 1. The summed E-state index contributed by atoms with van der Waals surface area (Å²) >= 11 is 0. The number of carbonyl (C=O) groups is 1. The number of ether oxygens (including phenoxy) is 1. The molecule has 6 nitrogen and oxygen atoms in total. The topological polar surface area (TPSA) is 87.2 Å². The van der Waals surface area contributed by atoms with E-state index in [0.29, 0.717) is 29.3 Å². The highest BCUT2D eigenvalue weighted by Crippen LogP contribution is 2.28. The van der Waals surface area contributed by atoms with Crippen LogP contribution in [0.3, 0.4) is 0 Å². The van der Waals surface area contributed by atoms with Crippen LogP contribution in [0.25, 0.3) is 22.7 Å². The predicted molar refractivity (Wildman–Crippen MR) is 117 cm³/mol. The molecule has 3 N–H and O–H groups in total. The number of phenols is 1. The first-order chi connectivity index (χ1) is 14.6. The minimum absolute atomic E-state index is 0.0000928. The molecule has 0 saturated carbocycles. The lowest BCUT2D eigenvalue weighted by atomic mass is 10.1. The van der Waals surface area contributed by atoms with Gasteiger partial charge in [-0.25, -0.2) is 4.98 Å². The van der Waals surface area contributed by atoms with Crippen molar-refractivity contribution in [2.24, 2.45) is 0 Å². The molecule has 0 aliphatic rings. The highest BCUT2D eigenvalue weighted by molar-refractivity contribution is 6.23. The van der Waals surface area contributed by atoms with E-state index in [0.717, 1.165) is 16.6 Å². The van der Waals surface area contributed by atoms with E-state index in [1.54, 1.807) is 24.3 Å². The van der Waals surface area contributed by atoms with Crippen molar-refractivity contribution in [2.45, 2.75) is 6.54 Å². The first-order valence-electron chi connectivity index (χ1n) is 9.50. The van der Waals surface area contributed by atoms with E-state index in [2.05, 4.69) is 15.3 Å². The Hall–Kier alpha value is -4.06. The van der Waals surface area contributed by atoms with Crippen molar-refractivity contribution in [1.29, 1.82) is 0 Å². The van der Waals surface area contributed by atoms with Crippen LogP contribution in [0.5, 0.6) is 11.5 Å². The Labute approximate surface area is 173 Å². The van der Waals surface area contributed by atoms with Crippen LogP contribution < -0.4 is 10.1 Å². The molecular weight excluding hydrogens is 378 g/mol. The largest absolute Gasteiger partial charge is 0.504 e. The summed E-state index contributed by atoms with van der Waals surface area (Å²) in [5.41, 5.74) is 3.63. The lowest BCUT2D eigenvalue weighted by Crippen LogP contribution is -2.24. The summed E-state index contributed by atoms with van der Waals surface area (Å²) in [4.78, 5) is 20.9. The van der Waals surface area contributed by atoms with Crippen molar-refractivity contribution in [2.75, 3.05) is 7.11 Å². The zero-order valence-corrected chi connectivity index (χ0v) is 16.4. The first-order valence-corrected chi connectivity index (χ1v) is 9.50. The van der Waals surface area contributed by atoms with Crippen LogP contribution in [0.15, 0.2) is 72.8 Å². The number of fused-ring (bicyclic) bond motifs is 1. The van der Waals surface area contributed by atoms with Gasteiger partial charge in [0.15, 0.2) is 11.5 Å². The fraction of sp³-hybridized carbons (Fsp3) is 0.0833. The molecule has 0 bridgehead atoms. The van der Waals surface area contributed by atoms with Gasteiger partial charge in [0.2, 0.25) is 0 Å². The number of imidazole rings is 1. The molecule has 0 atom stereocenters. The van der Waals surface area contributed by atoms with Gasteiger partial charge in [-0.3, -0.25) is 4.79 Å². The number of hydrogen-bond donors (Lipinski definition) is 3. The van der Waals surface area contributed by atoms with Gasteiger partial charge in [-0.2, -0.15) is 0 Å². The maximum Gasteiger partial charge on any atom is 0.255 e. The number of carbonyl (C=O) groups excluding carboxylic acids is 1. The van der Waals surface area contributed by atoms with Crippen LogP contribution in [0, 0.1) is 0 Å². The molecule has 0 saturated heterocycles. The number of nitrogens with one attached hydrogen (secondary N) is 2. The molecule has 150 valence electrons. The van der Waals surface area contributed by atoms with Crippen molar-refractivity contribution in [3.8, 4) is 11.5 Å². The molecular formula is C24H21N3O3. The van der Waals surface area contributed by atoms with Crippen LogP contribution in [0.4, 0.5) is 0 Å². The second-order valence-electron chi connectivity index (χ2n) is 6.76. The van der Waals surface area contributed by atoms with E-state index in [-0.39, 0.29) is 11.7 Å². The summed E-state index contributed by atoms with van der Waals surface area (Å²) < 4.78 is 5.10. The summed E-state index contributed by atoms with van der Waals surface area (Å²) in [7, 11) is 1.49. The van der Waals surface area contributed by atoms with Gasteiger partial charge in [0.25, 0.3) is 5.91 Å². The Bertz CT molecular complexity index is 1180. The van der Waals surface area contributed by atoms with Gasteiger partial charge in [-0.05, 0) is 41.5 Å². The Morgan fingerprint density at radius 1 is 1.10 bits per heavy atom. The van der Waals surface area contributed by atoms with Gasteiger partial charge in [0.05, 0.1) is 23.7 Å². The lowest BCUT2D eigenvalue weighted by Gasteiger charge is -2.09. The van der Waals surface area contributed by atoms with E-state index in [1.807, 2.05) is 54.6 Å². The monoisotopic (exact) mass is 399 g/mol. The number of aromatic amines is 1. The minimum Gasteiger partial charge on any atom is -0.504 e. The number of H-pyrrole nitrogens is 1. The van der Waals surface area contributed by atoms with E-state index in [4.69, 9.17) is 4.74 Å². The van der Waals surface area contributed by atoms with Crippen LogP contribution >= 0.6 is 0 Å². The Kier molecular flexibility index (Phi) is 5.48. The van der Waals surface area contributed by atoms with E-state index in [9.17, 15) is 9.90 Å². The highest BCUT2D eigenvalue weighted by Gasteiger charge is 2.17. The first kappa shape index (κ1) is 19.3. The summed E-state index contributed by atoms with van der Waals surface area (Å²) in [5, 5.41) is 13.0. The molecule has 0 radical (unpaired) electrons. The second-order valence-corrected chi connectivity index (χ2v) is 6.76. The van der Waals surface area contributed by atoms with Crippen LogP contribution in [-0.4, -0.2) is 28.1 Å². The van der Waals surface area contributed by atoms with Gasteiger partial charge in [0.1, 0.15) is 5.82 Å². The lowest BCUT2D eigenvalue weighted by molar-refractivity contribution is -0.115. The zero-order chi connectivity index (χ0) is 20.9. The van der Waals surface area contributed by atoms with Crippen molar-refractivity contribution >= 4 is 28.6 Å². The second kappa shape index (κ2) is 8.53. The Morgan fingerprint density at radius 2 is 1.87 bits per heavy atom. The molecule has 4 aromatic rings. The molecule has 1 amide bonds. The summed E-state index contributed by atoms with van der Waals surface area (Å²) in [6.45, 7) is 0.394. The number of benzene rings is 3. The van der Waals surface area contributed by atoms with E-state index in [1.165, 1.54) is 7.11 Å². The third-order valence-electron chi connectivity index (χ3n) is 4.70. The van der Waals surface area contributed by atoms with E-state index < -0.39 is 0 Å². The molecule has 0 aliphatic carbocycles. The quantitative estimate of drug-likeness (QED) is 0.426. The van der Waals surface area contributed by atoms with Crippen molar-refractivity contribution < 1.29 is 14.6 Å². The number of methoxy groups -OCH3 is 1. The SMILES string of the molecule is COc1ccc(C=C(C(=O)NCc2ccccc2)c2nc3ccccc3[nH]2)cc1O. The highest BCUT2D eigenvalue weighted by atomic mass is 16.5. The molecule has 0 aliphatic heterocycles. The minimum atomic E-state index is -0.270. The average Bonchev–Trinajstić information content (AvgIpc) is 3.20. The fourth-order valence-electron chi connectivity index (χ4n) is 3.16. The molecule has 4 rings (SSSR count). The fourth-order valence-corrected chi connectivity index (χ4v) is 3.16. The zero-order valence-electron chi connectivity index (χ0n) is 16.4. The number of aromatic nitrogens is 2. The van der Waals surface area contributed by atoms with Gasteiger partial charge < -0.3 is 20.1 Å². The smallest absolute Gasteiger partial charge is 0.255 e. The molecule has 0 fully saturated rings. The standard InChI is InChI=1S/C24H21N3O3/c1-30-22-12-11-17(14-21(22)28)13-18(23-26-19-9-5-6-10-20(19)27-23)24(29)25-15-16-7-3-2-4-8-16/h2-14,28H,15H2,1H3,(H,25,29)(H,26,27). The van der Waals surface area contributed by atoms with Gasteiger partial charge in [-0.15, -0.1) is 0 Å². The number of para-hydroxylation sites is 2. The third kappa shape index (κ3) is 4.17. The summed E-state index contributed by atoms with van der Waals surface area (Å²) in [6.07, 6.45) is 1.69.